The van der Waals surface area contributed by atoms with E-state index in [1.54, 1.807) is 0 Å². The highest BCUT2D eigenvalue weighted by Crippen LogP contribution is 2.11. The predicted octanol–water partition coefficient (Wildman–Crippen LogP) is 15.4. The molecule has 6 nitrogen and oxygen atoms in total. The molecule has 60 heavy (non-hydrogen) atoms. The smallest absolute Gasteiger partial charge is 0.306 e. The van der Waals surface area contributed by atoms with Crippen LogP contribution in [0.25, 0.3) is 0 Å². The summed E-state index contributed by atoms with van der Waals surface area (Å²) in [6.45, 7) is 6.23. The Morgan fingerprint density at radius 3 is 1.08 bits per heavy atom. The van der Waals surface area contributed by atoms with Crippen molar-refractivity contribution in [1.29, 1.82) is 0 Å². The van der Waals surface area contributed by atoms with Crippen molar-refractivity contribution in [3.8, 4) is 0 Å². The number of unbranched alkanes of at least 4 members (excludes halogenated alkanes) is 9. The van der Waals surface area contributed by atoms with E-state index in [2.05, 4.69) is 142 Å². The van der Waals surface area contributed by atoms with Crippen LogP contribution in [0.3, 0.4) is 0 Å². The Balaban J connectivity index is 4.39. The summed E-state index contributed by atoms with van der Waals surface area (Å²) in [6.07, 6.45) is 65.0. The predicted molar refractivity (Wildman–Crippen MR) is 256 cm³/mol. The van der Waals surface area contributed by atoms with Crippen LogP contribution in [0.15, 0.2) is 122 Å². The summed E-state index contributed by atoms with van der Waals surface area (Å²) in [5.41, 5.74) is 0. The minimum absolute atomic E-state index is 0.112. The van der Waals surface area contributed by atoms with Crippen molar-refractivity contribution in [2.24, 2.45) is 0 Å². The number of esters is 3. The van der Waals surface area contributed by atoms with E-state index >= 15 is 0 Å². The van der Waals surface area contributed by atoms with Crippen LogP contribution < -0.4 is 0 Å². The summed E-state index contributed by atoms with van der Waals surface area (Å²) in [7, 11) is 0. The molecular formula is C54H84O6. The highest BCUT2D eigenvalue weighted by atomic mass is 16.6. The van der Waals surface area contributed by atoms with Crippen molar-refractivity contribution in [2.45, 2.75) is 187 Å². The van der Waals surface area contributed by atoms with Crippen LogP contribution in [0.4, 0.5) is 0 Å². The van der Waals surface area contributed by atoms with Gasteiger partial charge >= 0.3 is 17.9 Å². The summed E-state index contributed by atoms with van der Waals surface area (Å²) in [5.74, 6) is -1.03. The lowest BCUT2D eigenvalue weighted by Gasteiger charge is -2.18. The average Bonchev–Trinajstić information content (AvgIpc) is 3.24. The lowest BCUT2D eigenvalue weighted by atomic mass is 10.1. The first-order chi connectivity index (χ1) is 29.5. The molecule has 0 amide bonds. The lowest BCUT2D eigenvalue weighted by molar-refractivity contribution is -0.167. The Morgan fingerprint density at radius 2 is 0.667 bits per heavy atom. The Kier molecular flexibility index (Phi) is 44.2. The largest absolute Gasteiger partial charge is 0.462 e. The van der Waals surface area contributed by atoms with Crippen molar-refractivity contribution in [2.75, 3.05) is 13.2 Å². The molecule has 0 aromatic rings. The summed E-state index contributed by atoms with van der Waals surface area (Å²) in [5, 5.41) is 0. The van der Waals surface area contributed by atoms with E-state index in [1.165, 1.54) is 19.3 Å². The van der Waals surface area contributed by atoms with Gasteiger partial charge in [-0.1, -0.05) is 181 Å². The highest BCUT2D eigenvalue weighted by molar-refractivity contribution is 5.71. The maximum Gasteiger partial charge on any atom is 0.306 e. The summed E-state index contributed by atoms with van der Waals surface area (Å²) in [4.78, 5) is 37.6. The zero-order valence-electron chi connectivity index (χ0n) is 38.2. The van der Waals surface area contributed by atoms with E-state index in [1.807, 2.05) is 0 Å². The first kappa shape index (κ1) is 55.8. The third kappa shape index (κ3) is 44.9. The minimum Gasteiger partial charge on any atom is -0.462 e. The summed E-state index contributed by atoms with van der Waals surface area (Å²) < 4.78 is 16.6. The third-order valence-corrected chi connectivity index (χ3v) is 9.21. The molecule has 1 atom stereocenters. The number of allylic oxidation sites excluding steroid dienone is 20. The molecule has 0 N–H and O–H groups in total. The van der Waals surface area contributed by atoms with Crippen LogP contribution in [-0.2, 0) is 28.6 Å². The van der Waals surface area contributed by atoms with Gasteiger partial charge in [-0.2, -0.15) is 0 Å². The number of rotatable bonds is 40. The second kappa shape index (κ2) is 47.5. The minimum atomic E-state index is -0.815. The van der Waals surface area contributed by atoms with Gasteiger partial charge in [0, 0.05) is 19.3 Å². The fourth-order valence-electron chi connectivity index (χ4n) is 5.74. The number of hydrogen-bond acceptors (Lipinski definition) is 6. The van der Waals surface area contributed by atoms with Crippen LogP contribution in [0.2, 0.25) is 0 Å². The first-order valence-corrected chi connectivity index (χ1v) is 23.5. The molecule has 0 aliphatic carbocycles. The third-order valence-electron chi connectivity index (χ3n) is 9.21. The number of carbonyl (C=O) groups excluding carboxylic acids is 3. The lowest BCUT2D eigenvalue weighted by Crippen LogP contribution is -2.30. The highest BCUT2D eigenvalue weighted by Gasteiger charge is 2.19. The molecule has 0 bridgehead atoms. The van der Waals surface area contributed by atoms with Gasteiger partial charge in [0.05, 0.1) is 0 Å². The van der Waals surface area contributed by atoms with Crippen LogP contribution in [0, 0.1) is 0 Å². The van der Waals surface area contributed by atoms with Gasteiger partial charge in [0.2, 0.25) is 0 Å². The molecule has 336 valence electrons. The molecule has 0 radical (unpaired) electrons. The molecule has 1 unspecified atom stereocenters. The number of carbonyl (C=O) groups is 3. The van der Waals surface area contributed by atoms with Crippen molar-refractivity contribution >= 4 is 17.9 Å². The molecule has 0 rings (SSSR count). The van der Waals surface area contributed by atoms with E-state index in [0.29, 0.717) is 19.3 Å². The van der Waals surface area contributed by atoms with Crippen molar-refractivity contribution < 1.29 is 28.6 Å². The zero-order valence-corrected chi connectivity index (χ0v) is 38.2. The van der Waals surface area contributed by atoms with Crippen molar-refractivity contribution in [1.82, 2.24) is 0 Å². The molecule has 0 saturated carbocycles. The standard InChI is InChI=1S/C54H84O6/c1-4-7-10-13-16-18-20-22-23-24-25-26-27-28-29-30-31-33-34-36-38-41-44-47-53(56)59-50-51(49-58-52(55)46-43-40-15-12-9-6-3)60-54(57)48-45-42-39-37-35-32-21-19-17-14-11-8-5-2/h7-8,10-11,16-19,22-23,25-26,28-29,31-33,35-36,38,51H,4-6,9,12-15,20-21,24,27,30,34,37,39-50H2,1-3H3/b10-7-,11-8-,18-16-,19-17-,23-22-,26-25-,29-28-,33-31-,35-32-,38-36-. The second-order valence-corrected chi connectivity index (χ2v) is 14.9. The quantitative estimate of drug-likeness (QED) is 0.0265. The Bertz CT molecular complexity index is 1320. The van der Waals surface area contributed by atoms with Crippen LogP contribution in [-0.4, -0.2) is 37.2 Å². The van der Waals surface area contributed by atoms with Crippen molar-refractivity contribution in [3.63, 3.8) is 0 Å². The fourth-order valence-corrected chi connectivity index (χ4v) is 5.74. The molecule has 0 aliphatic heterocycles. The zero-order chi connectivity index (χ0) is 43.7. The van der Waals surface area contributed by atoms with Crippen LogP contribution in [0.1, 0.15) is 181 Å². The SMILES string of the molecule is CC/C=C\C/C=C\C/C=C\C/C=C\C/C=C\C/C=C\C/C=C\CCCC(=O)OCC(COC(=O)CCCCCCCC)OC(=O)CCCCC/C=C\C/C=C\C/C=C\CC. The normalized spacial score (nSPS) is 13.2. The van der Waals surface area contributed by atoms with E-state index in [4.69, 9.17) is 14.2 Å². The maximum absolute atomic E-state index is 12.7. The molecule has 0 aliphatic rings. The van der Waals surface area contributed by atoms with Gasteiger partial charge in [-0.25, -0.2) is 0 Å². The molecule has 0 heterocycles. The van der Waals surface area contributed by atoms with Gasteiger partial charge in [0.15, 0.2) is 6.10 Å². The Hall–Kier alpha value is -4.19. The first-order valence-electron chi connectivity index (χ1n) is 23.5. The molecule has 6 heteroatoms. The van der Waals surface area contributed by atoms with E-state index in [-0.39, 0.29) is 44.0 Å². The maximum atomic E-state index is 12.7. The molecule has 0 saturated heterocycles. The molecule has 0 aromatic carbocycles. The van der Waals surface area contributed by atoms with Crippen LogP contribution >= 0.6 is 0 Å². The Morgan fingerprint density at radius 1 is 0.350 bits per heavy atom. The van der Waals surface area contributed by atoms with Gasteiger partial charge in [-0.15, -0.1) is 0 Å². The Labute approximate surface area is 367 Å². The molecular weight excluding hydrogens is 745 g/mol. The van der Waals surface area contributed by atoms with E-state index in [0.717, 1.165) is 109 Å². The van der Waals surface area contributed by atoms with Crippen molar-refractivity contribution in [3.05, 3.63) is 122 Å². The fraction of sp³-hybridized carbons (Fsp3) is 0.574. The topological polar surface area (TPSA) is 78.9 Å². The van der Waals surface area contributed by atoms with Gasteiger partial charge in [0.25, 0.3) is 0 Å². The second-order valence-electron chi connectivity index (χ2n) is 14.9. The average molecular weight is 829 g/mol. The van der Waals surface area contributed by atoms with Crippen LogP contribution in [0.5, 0.6) is 0 Å². The number of ether oxygens (including phenoxy) is 3. The van der Waals surface area contributed by atoms with Gasteiger partial charge in [0.1, 0.15) is 13.2 Å². The van der Waals surface area contributed by atoms with Gasteiger partial charge < -0.3 is 14.2 Å². The van der Waals surface area contributed by atoms with Gasteiger partial charge in [-0.3, -0.25) is 14.4 Å². The molecule has 0 spiro atoms. The monoisotopic (exact) mass is 829 g/mol. The molecule has 0 fully saturated rings. The summed E-state index contributed by atoms with van der Waals surface area (Å²) >= 11 is 0. The van der Waals surface area contributed by atoms with Gasteiger partial charge in [-0.05, 0) is 103 Å². The molecule has 0 aromatic heterocycles. The van der Waals surface area contributed by atoms with E-state index < -0.39 is 6.10 Å². The number of hydrogen-bond donors (Lipinski definition) is 0. The summed E-state index contributed by atoms with van der Waals surface area (Å²) in [6, 6.07) is 0. The van der Waals surface area contributed by atoms with E-state index in [9.17, 15) is 14.4 Å².